The second kappa shape index (κ2) is 6.14. The van der Waals surface area contributed by atoms with Crippen LogP contribution in [0.2, 0.25) is 0 Å². The molecule has 0 amide bonds. The lowest BCUT2D eigenvalue weighted by atomic mass is 10.1. The number of hydrogen-bond acceptors (Lipinski definition) is 6. The van der Waals surface area contributed by atoms with Crippen LogP contribution in [0.15, 0.2) is 36.9 Å². The number of imidazole rings is 1. The van der Waals surface area contributed by atoms with Crippen molar-refractivity contribution in [2.75, 3.05) is 7.11 Å². The van der Waals surface area contributed by atoms with Crippen molar-refractivity contribution in [1.82, 2.24) is 24.4 Å². The fourth-order valence-corrected chi connectivity index (χ4v) is 4.49. The van der Waals surface area contributed by atoms with Gasteiger partial charge >= 0.3 is 0 Å². The van der Waals surface area contributed by atoms with Crippen LogP contribution in [0, 0.1) is 5.82 Å². The number of hydrogen-bond donors (Lipinski definition) is 1. The quantitative estimate of drug-likeness (QED) is 0.571. The van der Waals surface area contributed by atoms with Crippen LogP contribution in [0.5, 0.6) is 5.75 Å². The van der Waals surface area contributed by atoms with Crippen molar-refractivity contribution in [3.8, 4) is 11.4 Å². The van der Waals surface area contributed by atoms with Gasteiger partial charge in [0.05, 0.1) is 30.9 Å². The van der Waals surface area contributed by atoms with Gasteiger partial charge in [-0.05, 0) is 30.9 Å². The highest BCUT2D eigenvalue weighted by atomic mass is 32.1. The van der Waals surface area contributed by atoms with E-state index in [1.165, 1.54) is 28.8 Å². The lowest BCUT2D eigenvalue weighted by Crippen LogP contribution is -2.06. The van der Waals surface area contributed by atoms with Crippen LogP contribution in [-0.2, 0) is 0 Å². The monoisotopic (exact) mass is 385 g/mol. The maximum atomic E-state index is 14.0. The van der Waals surface area contributed by atoms with Crippen LogP contribution < -0.4 is 4.74 Å². The van der Waals surface area contributed by atoms with E-state index in [-0.39, 0.29) is 5.75 Å². The van der Waals surface area contributed by atoms with Crippen LogP contribution >= 0.6 is 11.3 Å². The smallest absolute Gasteiger partial charge is 0.167 e. The molecule has 27 heavy (non-hydrogen) atoms. The summed E-state index contributed by atoms with van der Waals surface area (Å²) in [4.78, 5) is 6.33. The molecule has 138 valence electrons. The number of aliphatic hydroxyl groups excluding tert-OH is 1. The highest BCUT2D eigenvalue weighted by Crippen LogP contribution is 2.47. The van der Waals surface area contributed by atoms with E-state index >= 15 is 0 Å². The second-order valence-electron chi connectivity index (χ2n) is 6.54. The van der Waals surface area contributed by atoms with Crippen molar-refractivity contribution in [3.05, 3.63) is 59.0 Å². The molecule has 1 atom stereocenters. The minimum atomic E-state index is -0.930. The summed E-state index contributed by atoms with van der Waals surface area (Å²) >= 11 is 1.66. The topological polar surface area (TPSA) is 77.5 Å². The van der Waals surface area contributed by atoms with Gasteiger partial charge in [-0.25, -0.2) is 14.1 Å². The molecule has 1 aliphatic carbocycles. The largest absolute Gasteiger partial charge is 0.494 e. The molecule has 0 radical (unpaired) electrons. The van der Waals surface area contributed by atoms with Crippen molar-refractivity contribution in [3.63, 3.8) is 0 Å². The molecule has 0 spiro atoms. The van der Waals surface area contributed by atoms with Gasteiger partial charge in [0.2, 0.25) is 0 Å². The first-order chi connectivity index (χ1) is 13.2. The molecule has 3 aromatic heterocycles. The third kappa shape index (κ3) is 2.70. The Hall–Kier alpha value is -2.78. The number of benzene rings is 1. The number of aromatic nitrogens is 5. The molecule has 1 N–H and O–H groups in total. The Kier molecular flexibility index (Phi) is 3.73. The van der Waals surface area contributed by atoms with Gasteiger partial charge in [0.25, 0.3) is 0 Å². The summed E-state index contributed by atoms with van der Waals surface area (Å²) in [6.45, 7) is 0. The van der Waals surface area contributed by atoms with E-state index in [1.807, 2.05) is 4.40 Å². The normalized spacial score (nSPS) is 15.4. The van der Waals surface area contributed by atoms with Crippen LogP contribution in [0.1, 0.15) is 41.1 Å². The van der Waals surface area contributed by atoms with Gasteiger partial charge in [0, 0.05) is 10.9 Å². The molecule has 3 heterocycles. The molecule has 1 fully saturated rings. The molecule has 1 saturated carbocycles. The van der Waals surface area contributed by atoms with E-state index in [0.29, 0.717) is 17.3 Å². The standard InChI is InChI=1S/C18H16FN5O2S/c1-26-14-5-4-11(6-12(14)19)24-8-13(21-22-24)17(25)16-18(10-2-3-10)27-15-7-20-9-23(15)16/h4-10,17,25H,2-3H2,1H3. The summed E-state index contributed by atoms with van der Waals surface area (Å²) in [7, 11) is 1.41. The number of methoxy groups -OCH3 is 1. The van der Waals surface area contributed by atoms with Gasteiger partial charge in [0.15, 0.2) is 11.6 Å². The first-order valence-corrected chi connectivity index (χ1v) is 9.36. The zero-order valence-electron chi connectivity index (χ0n) is 14.4. The molecule has 7 nitrogen and oxygen atoms in total. The number of fused-ring (bicyclic) bond motifs is 1. The summed E-state index contributed by atoms with van der Waals surface area (Å²) < 4.78 is 22.3. The number of ether oxygens (including phenoxy) is 1. The van der Waals surface area contributed by atoms with Gasteiger partial charge in [-0.1, -0.05) is 5.21 Å². The third-order valence-electron chi connectivity index (χ3n) is 4.73. The van der Waals surface area contributed by atoms with Crippen molar-refractivity contribution in [2.45, 2.75) is 24.9 Å². The zero-order chi connectivity index (χ0) is 18.5. The Morgan fingerprint density at radius 3 is 2.96 bits per heavy atom. The molecule has 5 rings (SSSR count). The van der Waals surface area contributed by atoms with Gasteiger partial charge in [-0.2, -0.15) is 0 Å². The minimum Gasteiger partial charge on any atom is -0.494 e. The molecule has 1 aliphatic rings. The second-order valence-corrected chi connectivity index (χ2v) is 7.60. The Labute approximate surface area is 157 Å². The predicted molar refractivity (Wildman–Crippen MR) is 97.0 cm³/mol. The number of halogens is 1. The third-order valence-corrected chi connectivity index (χ3v) is 6.00. The minimum absolute atomic E-state index is 0.161. The van der Waals surface area contributed by atoms with Crippen molar-refractivity contribution in [2.24, 2.45) is 0 Å². The summed E-state index contributed by atoms with van der Waals surface area (Å²) in [6, 6.07) is 4.53. The Morgan fingerprint density at radius 2 is 2.22 bits per heavy atom. The number of thiazole rings is 1. The van der Waals surface area contributed by atoms with E-state index in [2.05, 4.69) is 15.3 Å². The van der Waals surface area contributed by atoms with Crippen molar-refractivity contribution in [1.29, 1.82) is 0 Å². The van der Waals surface area contributed by atoms with Crippen molar-refractivity contribution < 1.29 is 14.2 Å². The summed E-state index contributed by atoms with van der Waals surface area (Å²) in [5.41, 5.74) is 1.70. The van der Waals surface area contributed by atoms with E-state index in [4.69, 9.17) is 4.74 Å². The molecule has 1 unspecified atom stereocenters. The molecule has 1 aromatic carbocycles. The van der Waals surface area contributed by atoms with Gasteiger partial charge in [-0.15, -0.1) is 16.4 Å². The lowest BCUT2D eigenvalue weighted by molar-refractivity contribution is 0.208. The lowest BCUT2D eigenvalue weighted by Gasteiger charge is -2.09. The maximum Gasteiger partial charge on any atom is 0.167 e. The van der Waals surface area contributed by atoms with Gasteiger partial charge in [0.1, 0.15) is 23.0 Å². The molecule has 0 saturated heterocycles. The van der Waals surface area contributed by atoms with E-state index < -0.39 is 11.9 Å². The average molecular weight is 385 g/mol. The number of rotatable bonds is 5. The summed E-state index contributed by atoms with van der Waals surface area (Å²) in [5, 5.41) is 19.2. The van der Waals surface area contributed by atoms with Gasteiger partial charge < -0.3 is 9.84 Å². The van der Waals surface area contributed by atoms with Crippen LogP contribution in [-0.4, -0.2) is 36.6 Å². The number of nitrogens with zero attached hydrogens (tertiary/aromatic N) is 5. The number of aliphatic hydroxyl groups is 1. The zero-order valence-corrected chi connectivity index (χ0v) is 15.2. The Balaban J connectivity index is 1.52. The molecule has 0 bridgehead atoms. The molecular weight excluding hydrogens is 369 g/mol. The van der Waals surface area contributed by atoms with E-state index in [1.54, 1.807) is 36.1 Å². The first-order valence-electron chi connectivity index (χ1n) is 8.54. The molecule has 0 aliphatic heterocycles. The highest BCUT2D eigenvalue weighted by molar-refractivity contribution is 7.17. The average Bonchev–Trinajstić information content (AvgIpc) is 3.08. The SMILES string of the molecule is COc1ccc(-n2cc(C(O)c3c(C4CC4)sc4cncn34)nn2)cc1F. The van der Waals surface area contributed by atoms with E-state index in [9.17, 15) is 9.50 Å². The summed E-state index contributed by atoms with van der Waals surface area (Å²) in [5.74, 6) is 0.167. The maximum absolute atomic E-state index is 14.0. The predicted octanol–water partition coefficient (Wildman–Crippen LogP) is 3.08. The molecule has 4 aromatic rings. The Bertz CT molecular complexity index is 1130. The van der Waals surface area contributed by atoms with Crippen LogP contribution in [0.4, 0.5) is 4.39 Å². The Morgan fingerprint density at radius 1 is 1.37 bits per heavy atom. The van der Waals surface area contributed by atoms with Crippen molar-refractivity contribution >= 4 is 16.2 Å². The highest BCUT2D eigenvalue weighted by Gasteiger charge is 2.33. The van der Waals surface area contributed by atoms with Crippen LogP contribution in [0.25, 0.3) is 10.5 Å². The van der Waals surface area contributed by atoms with E-state index in [0.717, 1.165) is 23.4 Å². The fourth-order valence-electron chi connectivity index (χ4n) is 3.19. The summed E-state index contributed by atoms with van der Waals surface area (Å²) in [6.07, 6.45) is 6.45. The molecule has 9 heteroatoms. The first kappa shape index (κ1) is 16.4. The molecular formula is C18H16FN5O2S. The van der Waals surface area contributed by atoms with Gasteiger partial charge in [-0.3, -0.25) is 4.40 Å². The fraction of sp³-hybridized carbons (Fsp3) is 0.278. The van der Waals surface area contributed by atoms with Crippen LogP contribution in [0.3, 0.4) is 0 Å².